The fourth-order valence-electron chi connectivity index (χ4n) is 3.33. The van der Waals surface area contributed by atoms with Crippen LogP contribution in [0.25, 0.3) is 11.0 Å². The van der Waals surface area contributed by atoms with Gasteiger partial charge < -0.3 is 18.6 Å². The third kappa shape index (κ3) is 4.26. The van der Waals surface area contributed by atoms with Gasteiger partial charge in [-0.25, -0.2) is 14.4 Å². The highest BCUT2D eigenvalue weighted by Crippen LogP contribution is 2.46. The van der Waals surface area contributed by atoms with Crippen LogP contribution in [0.5, 0.6) is 5.75 Å². The lowest BCUT2D eigenvalue weighted by Crippen LogP contribution is -2.52. The van der Waals surface area contributed by atoms with E-state index < -0.39 is 35.4 Å². The monoisotopic (exact) mass is 426 g/mol. The summed E-state index contributed by atoms with van der Waals surface area (Å²) in [5, 5.41) is 0.625. The van der Waals surface area contributed by atoms with Crippen LogP contribution in [0, 0.1) is 0 Å². The summed E-state index contributed by atoms with van der Waals surface area (Å²) in [5.41, 5.74) is -0.224. The van der Waals surface area contributed by atoms with E-state index in [0.29, 0.717) is 27.8 Å². The molecule has 0 radical (unpaired) electrons. The van der Waals surface area contributed by atoms with Crippen molar-refractivity contribution >= 4 is 22.9 Å². The predicted molar refractivity (Wildman–Crippen MR) is 115 cm³/mol. The lowest BCUT2D eigenvalue weighted by Gasteiger charge is -2.43. The van der Waals surface area contributed by atoms with Gasteiger partial charge in [-0.2, -0.15) is 0 Å². The molecule has 0 aliphatic carbocycles. The molecule has 7 nitrogen and oxygen atoms in total. The van der Waals surface area contributed by atoms with E-state index in [0.717, 1.165) is 0 Å². The fraction of sp³-hybridized carbons (Fsp3) is 0.375. The Hall–Kier alpha value is -3.35. The highest BCUT2D eigenvalue weighted by atomic mass is 16.6. The Kier molecular flexibility index (Phi) is 6.06. The van der Waals surface area contributed by atoms with Crippen LogP contribution in [0.2, 0.25) is 0 Å². The van der Waals surface area contributed by atoms with Gasteiger partial charge in [-0.05, 0) is 59.7 Å². The van der Waals surface area contributed by atoms with Crippen molar-refractivity contribution in [3.8, 4) is 5.75 Å². The summed E-state index contributed by atoms with van der Waals surface area (Å²) in [5.74, 6) is -0.744. The Balaban J connectivity index is 2.23. The van der Waals surface area contributed by atoms with Gasteiger partial charge in [0.25, 0.3) is 0 Å². The molecule has 2 atom stereocenters. The van der Waals surface area contributed by atoms with Gasteiger partial charge >= 0.3 is 17.6 Å². The maximum Gasteiger partial charge on any atom is 0.336 e. The number of allylic oxidation sites excluding steroid dienone is 2. The molecule has 2 heterocycles. The third-order valence-electron chi connectivity index (χ3n) is 5.38. The molecule has 0 spiro atoms. The van der Waals surface area contributed by atoms with Gasteiger partial charge in [0, 0.05) is 22.6 Å². The lowest BCUT2D eigenvalue weighted by molar-refractivity contribution is -0.185. The highest BCUT2D eigenvalue weighted by Gasteiger charge is 2.50. The first-order valence-electron chi connectivity index (χ1n) is 10.0. The van der Waals surface area contributed by atoms with Crippen LogP contribution >= 0.6 is 0 Å². The Morgan fingerprint density at radius 3 is 2.16 bits per heavy atom. The summed E-state index contributed by atoms with van der Waals surface area (Å²) in [6.07, 6.45) is 1.21. The summed E-state index contributed by atoms with van der Waals surface area (Å²) < 4.78 is 23.2. The van der Waals surface area contributed by atoms with Crippen LogP contribution in [0.4, 0.5) is 0 Å². The van der Waals surface area contributed by atoms with Gasteiger partial charge in [0.15, 0.2) is 12.2 Å². The van der Waals surface area contributed by atoms with Gasteiger partial charge in [0.05, 0.1) is 5.56 Å². The zero-order valence-corrected chi connectivity index (χ0v) is 18.5. The summed E-state index contributed by atoms with van der Waals surface area (Å²) in [4.78, 5) is 37.3. The topological polar surface area (TPSA) is 92.0 Å². The average Bonchev–Trinajstić information content (AvgIpc) is 2.73. The Morgan fingerprint density at radius 2 is 1.55 bits per heavy atom. The quantitative estimate of drug-likeness (QED) is 0.407. The van der Waals surface area contributed by atoms with Gasteiger partial charge in [-0.3, -0.25) is 0 Å². The van der Waals surface area contributed by atoms with Gasteiger partial charge in [0.1, 0.15) is 16.9 Å². The average molecular weight is 426 g/mol. The van der Waals surface area contributed by atoms with E-state index in [1.54, 1.807) is 71.9 Å². The molecule has 1 aromatic carbocycles. The van der Waals surface area contributed by atoms with Crippen LogP contribution in [0.3, 0.4) is 0 Å². The molecule has 0 saturated heterocycles. The van der Waals surface area contributed by atoms with E-state index in [1.807, 2.05) is 0 Å². The van der Waals surface area contributed by atoms with Crippen molar-refractivity contribution < 1.29 is 28.2 Å². The number of hydrogen-bond donors (Lipinski definition) is 0. The molecule has 0 N–H and O–H groups in total. The van der Waals surface area contributed by atoms with E-state index in [4.69, 9.17) is 18.6 Å². The first kappa shape index (κ1) is 22.3. The second-order valence-electron chi connectivity index (χ2n) is 7.95. The minimum Gasteiger partial charge on any atom is -0.483 e. The van der Waals surface area contributed by atoms with E-state index in [9.17, 15) is 14.4 Å². The Labute approximate surface area is 180 Å². The van der Waals surface area contributed by atoms with Crippen LogP contribution in [0.1, 0.15) is 53.2 Å². The maximum absolute atomic E-state index is 12.7. The largest absolute Gasteiger partial charge is 0.483 e. The lowest BCUT2D eigenvalue weighted by atomic mass is 9.87. The SMILES string of the molecule is C/C=C(/C)C(=O)O[C@@H]1[C@H](OC(=O)/C(C)=C/C)c2c(ccc3ccc(=O)oc23)OC1(C)C. The van der Waals surface area contributed by atoms with Crippen molar-refractivity contribution in [2.75, 3.05) is 0 Å². The van der Waals surface area contributed by atoms with E-state index in [-0.39, 0.29) is 5.58 Å². The second kappa shape index (κ2) is 8.41. The van der Waals surface area contributed by atoms with Crippen molar-refractivity contribution in [2.45, 2.75) is 59.4 Å². The molecule has 7 heteroatoms. The number of rotatable bonds is 4. The van der Waals surface area contributed by atoms with Gasteiger partial charge in [0.2, 0.25) is 0 Å². The minimum atomic E-state index is -1.05. The molecule has 3 rings (SSSR count). The number of benzene rings is 1. The molecule has 1 aliphatic heterocycles. The van der Waals surface area contributed by atoms with Crippen molar-refractivity contribution in [2.24, 2.45) is 0 Å². The Bertz CT molecular complexity index is 1150. The number of ether oxygens (including phenoxy) is 3. The number of hydrogen-bond acceptors (Lipinski definition) is 7. The van der Waals surface area contributed by atoms with Gasteiger partial charge in [-0.15, -0.1) is 0 Å². The minimum absolute atomic E-state index is 0.222. The molecule has 0 saturated carbocycles. The summed E-state index contributed by atoms with van der Waals surface area (Å²) in [6, 6.07) is 6.39. The van der Waals surface area contributed by atoms with E-state index in [1.165, 1.54) is 6.07 Å². The smallest absolute Gasteiger partial charge is 0.336 e. The van der Waals surface area contributed by atoms with Gasteiger partial charge in [-0.1, -0.05) is 12.2 Å². The molecule has 31 heavy (non-hydrogen) atoms. The molecule has 1 aliphatic rings. The summed E-state index contributed by atoms with van der Waals surface area (Å²) >= 11 is 0. The molecule has 0 amide bonds. The fourth-order valence-corrected chi connectivity index (χ4v) is 3.33. The standard InChI is InChI=1S/C24H26O7/c1-7-13(3)22(26)29-20-18-16(11-9-15-10-12-17(25)28-19(15)18)31-24(5,6)21(20)30-23(27)14(4)8-2/h7-12,20-21H,1-6H3/b13-7+,14-8-/t20-,21-/m1/s1. The van der Waals surface area contributed by atoms with E-state index in [2.05, 4.69) is 0 Å². The first-order valence-corrected chi connectivity index (χ1v) is 10.0. The molecular weight excluding hydrogens is 400 g/mol. The number of fused-ring (bicyclic) bond motifs is 3. The number of carbonyl (C=O) groups is 2. The van der Waals surface area contributed by atoms with Crippen molar-refractivity contribution in [3.05, 3.63) is 63.5 Å². The van der Waals surface area contributed by atoms with E-state index >= 15 is 0 Å². The van der Waals surface area contributed by atoms with Crippen LogP contribution < -0.4 is 10.4 Å². The molecule has 1 aromatic heterocycles. The molecule has 0 fully saturated rings. The summed E-state index contributed by atoms with van der Waals surface area (Å²) in [6.45, 7) is 10.2. The second-order valence-corrected chi connectivity index (χ2v) is 7.95. The number of esters is 2. The molecule has 0 unspecified atom stereocenters. The first-order chi connectivity index (χ1) is 14.6. The van der Waals surface area contributed by atoms with Crippen LogP contribution in [0.15, 0.2) is 56.8 Å². The normalized spacial score (nSPS) is 20.6. The van der Waals surface area contributed by atoms with Crippen molar-refractivity contribution in [3.63, 3.8) is 0 Å². The Morgan fingerprint density at radius 1 is 0.968 bits per heavy atom. The van der Waals surface area contributed by atoms with Crippen molar-refractivity contribution in [1.29, 1.82) is 0 Å². The highest BCUT2D eigenvalue weighted by molar-refractivity contribution is 5.90. The third-order valence-corrected chi connectivity index (χ3v) is 5.38. The molecule has 0 bridgehead atoms. The number of carbonyl (C=O) groups excluding carboxylic acids is 2. The van der Waals surface area contributed by atoms with Crippen molar-refractivity contribution in [1.82, 2.24) is 0 Å². The maximum atomic E-state index is 12.7. The van der Waals surface area contributed by atoms with Crippen LogP contribution in [-0.4, -0.2) is 23.6 Å². The molecule has 164 valence electrons. The van der Waals surface area contributed by atoms with Crippen LogP contribution in [-0.2, 0) is 19.1 Å². The molecule has 2 aromatic rings. The predicted octanol–water partition coefficient (Wildman–Crippen LogP) is 4.39. The zero-order valence-electron chi connectivity index (χ0n) is 18.5. The molecular formula is C24H26O7. The summed E-state index contributed by atoms with van der Waals surface area (Å²) in [7, 11) is 0. The zero-order chi connectivity index (χ0) is 22.9.